The molecule has 1 aromatic rings. The number of hydroxylamine groups is 2. The van der Waals surface area contributed by atoms with Gasteiger partial charge in [-0.15, -0.1) is 9.35 Å². The standard InChI is InChI=1S/C11H8F3NO5S/c12-11(13,14)7-2-1-3-8(6-7)21(18,19)20-15-9(16)4-5-10(15)17/h1-3,6H,4-5H2. The number of halogens is 3. The third-order valence-corrected chi connectivity index (χ3v) is 3.81. The highest BCUT2D eigenvalue weighted by atomic mass is 32.2. The Kier molecular flexibility index (Phi) is 3.76. The van der Waals surface area contributed by atoms with Gasteiger partial charge in [0, 0.05) is 12.8 Å². The monoisotopic (exact) mass is 323 g/mol. The van der Waals surface area contributed by atoms with E-state index in [9.17, 15) is 31.2 Å². The molecule has 1 fully saturated rings. The van der Waals surface area contributed by atoms with Crippen LogP contribution in [-0.2, 0) is 30.2 Å². The zero-order valence-electron chi connectivity index (χ0n) is 10.3. The summed E-state index contributed by atoms with van der Waals surface area (Å²) in [5.74, 6) is -1.73. The number of rotatable bonds is 3. The van der Waals surface area contributed by atoms with E-state index in [1.807, 2.05) is 0 Å². The molecular formula is C11H8F3NO5S. The van der Waals surface area contributed by atoms with Crippen LogP contribution >= 0.6 is 0 Å². The number of benzene rings is 1. The molecule has 2 rings (SSSR count). The molecule has 0 saturated carbocycles. The van der Waals surface area contributed by atoms with E-state index in [0.29, 0.717) is 12.1 Å². The van der Waals surface area contributed by atoms with Crippen LogP contribution in [-0.4, -0.2) is 25.3 Å². The maximum absolute atomic E-state index is 12.5. The molecule has 2 amide bonds. The summed E-state index contributed by atoms with van der Waals surface area (Å²) in [6.45, 7) is 0. The number of hydrogen-bond acceptors (Lipinski definition) is 5. The van der Waals surface area contributed by atoms with Crippen LogP contribution in [0.3, 0.4) is 0 Å². The largest absolute Gasteiger partial charge is 0.416 e. The molecule has 1 aliphatic rings. The van der Waals surface area contributed by atoms with Gasteiger partial charge in [0.25, 0.3) is 11.8 Å². The maximum atomic E-state index is 12.5. The Bertz CT molecular complexity index is 682. The van der Waals surface area contributed by atoms with Crippen molar-refractivity contribution in [3.63, 3.8) is 0 Å². The lowest BCUT2D eigenvalue weighted by molar-refractivity contribution is -0.163. The number of carbonyl (C=O) groups excluding carboxylic acids is 2. The van der Waals surface area contributed by atoms with Crippen molar-refractivity contribution in [2.75, 3.05) is 0 Å². The minimum atomic E-state index is -4.73. The highest BCUT2D eigenvalue weighted by Gasteiger charge is 2.36. The fourth-order valence-electron chi connectivity index (χ4n) is 1.61. The SMILES string of the molecule is O=C1CCC(=O)N1OS(=O)(=O)c1cccc(C(F)(F)F)c1. The van der Waals surface area contributed by atoms with Crippen molar-refractivity contribution in [3.05, 3.63) is 29.8 Å². The van der Waals surface area contributed by atoms with E-state index in [4.69, 9.17) is 0 Å². The van der Waals surface area contributed by atoms with Crippen LogP contribution in [0.15, 0.2) is 29.2 Å². The summed E-state index contributed by atoms with van der Waals surface area (Å²) in [6.07, 6.45) is -5.15. The fourth-order valence-corrected chi connectivity index (χ4v) is 2.57. The number of hydrogen-bond donors (Lipinski definition) is 0. The lowest BCUT2D eigenvalue weighted by Gasteiger charge is -2.13. The summed E-state index contributed by atoms with van der Waals surface area (Å²) in [4.78, 5) is 21.7. The van der Waals surface area contributed by atoms with Crippen molar-refractivity contribution >= 4 is 21.9 Å². The molecule has 0 spiro atoms. The summed E-state index contributed by atoms with van der Waals surface area (Å²) >= 11 is 0. The van der Waals surface area contributed by atoms with Gasteiger partial charge in [-0.05, 0) is 18.2 Å². The predicted molar refractivity (Wildman–Crippen MR) is 60.8 cm³/mol. The van der Waals surface area contributed by atoms with Gasteiger partial charge in [0.05, 0.1) is 10.5 Å². The molecule has 0 N–H and O–H groups in total. The zero-order valence-corrected chi connectivity index (χ0v) is 11.1. The van der Waals surface area contributed by atoms with E-state index in [1.54, 1.807) is 0 Å². The average Bonchev–Trinajstić information content (AvgIpc) is 2.69. The number of alkyl halides is 3. The van der Waals surface area contributed by atoms with E-state index in [0.717, 1.165) is 12.1 Å². The first-order valence-corrected chi connectivity index (χ1v) is 7.00. The van der Waals surface area contributed by atoms with E-state index < -0.39 is 38.6 Å². The molecule has 114 valence electrons. The third-order valence-electron chi connectivity index (χ3n) is 2.63. The first-order valence-electron chi connectivity index (χ1n) is 5.59. The van der Waals surface area contributed by atoms with Crippen LogP contribution < -0.4 is 0 Å². The van der Waals surface area contributed by atoms with Gasteiger partial charge >= 0.3 is 16.3 Å². The van der Waals surface area contributed by atoms with Gasteiger partial charge in [0.2, 0.25) is 0 Å². The van der Waals surface area contributed by atoms with Gasteiger partial charge in [0.1, 0.15) is 0 Å². The van der Waals surface area contributed by atoms with E-state index in [1.165, 1.54) is 0 Å². The van der Waals surface area contributed by atoms with Gasteiger partial charge in [-0.3, -0.25) is 9.59 Å². The van der Waals surface area contributed by atoms with Crippen LogP contribution in [0.2, 0.25) is 0 Å². The van der Waals surface area contributed by atoms with Crippen LogP contribution in [0.5, 0.6) is 0 Å². The Balaban J connectivity index is 2.32. The molecule has 0 unspecified atom stereocenters. The van der Waals surface area contributed by atoms with Crippen LogP contribution in [0, 0.1) is 0 Å². The second kappa shape index (κ2) is 5.11. The van der Waals surface area contributed by atoms with Crippen molar-refractivity contribution in [1.82, 2.24) is 5.06 Å². The van der Waals surface area contributed by atoms with Crippen LogP contribution in [0.1, 0.15) is 18.4 Å². The Morgan fingerprint density at radius 3 is 2.19 bits per heavy atom. The van der Waals surface area contributed by atoms with Gasteiger partial charge in [-0.1, -0.05) is 6.07 Å². The summed E-state index contributed by atoms with van der Waals surface area (Å²) in [6, 6.07) is 2.80. The fraction of sp³-hybridized carbons (Fsp3) is 0.273. The molecule has 6 nitrogen and oxygen atoms in total. The average molecular weight is 323 g/mol. The number of amides is 2. The highest BCUT2D eigenvalue weighted by molar-refractivity contribution is 7.86. The quantitative estimate of drug-likeness (QED) is 0.787. The molecule has 1 heterocycles. The maximum Gasteiger partial charge on any atom is 0.416 e. The Morgan fingerprint density at radius 2 is 1.67 bits per heavy atom. The molecule has 21 heavy (non-hydrogen) atoms. The van der Waals surface area contributed by atoms with E-state index >= 15 is 0 Å². The molecule has 0 bridgehead atoms. The van der Waals surface area contributed by atoms with Crippen molar-refractivity contribution in [1.29, 1.82) is 0 Å². The Labute approximate surface area is 117 Å². The number of imide groups is 1. The number of nitrogens with zero attached hydrogens (tertiary/aromatic N) is 1. The van der Waals surface area contributed by atoms with Crippen molar-refractivity contribution in [2.24, 2.45) is 0 Å². The first-order chi connectivity index (χ1) is 9.61. The molecule has 1 aromatic carbocycles. The molecule has 0 aliphatic carbocycles. The predicted octanol–water partition coefficient (Wildman–Crippen LogP) is 1.47. The smallest absolute Gasteiger partial charge is 0.272 e. The van der Waals surface area contributed by atoms with Gasteiger partial charge < -0.3 is 0 Å². The number of carbonyl (C=O) groups is 2. The van der Waals surface area contributed by atoms with Crippen LogP contribution in [0.25, 0.3) is 0 Å². The Morgan fingerprint density at radius 1 is 1.10 bits per heavy atom. The van der Waals surface area contributed by atoms with Crippen molar-refractivity contribution in [3.8, 4) is 0 Å². The van der Waals surface area contributed by atoms with E-state index in [2.05, 4.69) is 4.28 Å². The summed E-state index contributed by atoms with van der Waals surface area (Å²) in [7, 11) is -4.71. The van der Waals surface area contributed by atoms with Gasteiger partial charge in [-0.2, -0.15) is 21.6 Å². The summed E-state index contributed by atoms with van der Waals surface area (Å²) in [5, 5.41) is 0.0512. The molecule has 10 heteroatoms. The second-order valence-corrected chi connectivity index (χ2v) is 5.66. The molecule has 0 atom stereocenters. The molecule has 1 aliphatic heterocycles. The van der Waals surface area contributed by atoms with E-state index in [-0.39, 0.29) is 17.9 Å². The summed E-state index contributed by atoms with van der Waals surface area (Å²) < 4.78 is 65.6. The third kappa shape index (κ3) is 3.22. The highest BCUT2D eigenvalue weighted by Crippen LogP contribution is 2.31. The Hall–Kier alpha value is -1.94. The second-order valence-electron chi connectivity index (χ2n) is 4.14. The zero-order chi connectivity index (χ0) is 15.8. The first kappa shape index (κ1) is 15.4. The minimum absolute atomic E-state index is 0.0512. The topological polar surface area (TPSA) is 80.8 Å². The molecule has 0 aromatic heterocycles. The lowest BCUT2D eigenvalue weighted by atomic mass is 10.2. The van der Waals surface area contributed by atoms with Crippen molar-refractivity contribution < 1.29 is 35.5 Å². The van der Waals surface area contributed by atoms with Crippen molar-refractivity contribution in [2.45, 2.75) is 23.9 Å². The minimum Gasteiger partial charge on any atom is -0.272 e. The molecule has 1 saturated heterocycles. The van der Waals surface area contributed by atoms with Crippen LogP contribution in [0.4, 0.5) is 13.2 Å². The van der Waals surface area contributed by atoms with Gasteiger partial charge in [0.15, 0.2) is 0 Å². The van der Waals surface area contributed by atoms with Gasteiger partial charge in [-0.25, -0.2) is 0 Å². The normalized spacial score (nSPS) is 16.6. The summed E-state index contributed by atoms with van der Waals surface area (Å²) in [5.41, 5.74) is -1.19. The lowest BCUT2D eigenvalue weighted by Crippen LogP contribution is -2.32. The molecular weight excluding hydrogens is 315 g/mol. The molecule has 0 radical (unpaired) electrons.